The van der Waals surface area contributed by atoms with E-state index < -0.39 is 21.8 Å². The summed E-state index contributed by atoms with van der Waals surface area (Å²) >= 11 is 1.14. The van der Waals surface area contributed by atoms with Gasteiger partial charge in [0.05, 0.1) is 5.56 Å². The van der Waals surface area contributed by atoms with Crippen molar-refractivity contribution in [2.45, 2.75) is 94.6 Å². The highest BCUT2D eigenvalue weighted by molar-refractivity contribution is 7.91. The van der Waals surface area contributed by atoms with Crippen LogP contribution in [0.25, 0.3) is 0 Å². The number of rotatable bonds is 17. The van der Waals surface area contributed by atoms with E-state index in [2.05, 4.69) is 17.0 Å². The van der Waals surface area contributed by atoms with Gasteiger partial charge < -0.3 is 0 Å². The zero-order valence-corrected chi connectivity index (χ0v) is 21.5. The number of hydrogen-bond acceptors (Lipinski definition) is 3. The third-order valence-corrected chi connectivity index (χ3v) is 8.56. The first-order valence-corrected chi connectivity index (χ1v) is 14.4. The molecule has 1 aromatic heterocycles. The first kappa shape index (κ1) is 28.8. The standard InChI is InChI=1S/C25H36F3N2O2S2/c1-2-3-4-5-6-7-8-9-10-11-17-30-34(31,32)24-16-15-23(33-24)20-29-19-21-13-12-14-22(18-21)25(26,27)28/h12-16,18,30H,2-11,17,19-20H2,1H3. The molecule has 0 atom stereocenters. The van der Waals surface area contributed by atoms with Crippen LogP contribution in [-0.4, -0.2) is 15.0 Å². The molecule has 191 valence electrons. The number of nitrogens with zero attached hydrogens (tertiary/aromatic N) is 1. The van der Waals surface area contributed by atoms with Crippen molar-refractivity contribution in [3.05, 3.63) is 52.4 Å². The fourth-order valence-electron chi connectivity index (χ4n) is 3.62. The zero-order chi connectivity index (χ0) is 24.9. The Kier molecular flexibility index (Phi) is 12.6. The minimum absolute atomic E-state index is 0.140. The van der Waals surface area contributed by atoms with Crippen LogP contribution >= 0.6 is 11.3 Å². The predicted molar refractivity (Wildman–Crippen MR) is 132 cm³/mol. The van der Waals surface area contributed by atoms with Gasteiger partial charge >= 0.3 is 6.18 Å². The third kappa shape index (κ3) is 10.9. The van der Waals surface area contributed by atoms with Crippen molar-refractivity contribution in [1.29, 1.82) is 0 Å². The highest BCUT2D eigenvalue weighted by Crippen LogP contribution is 2.29. The summed E-state index contributed by atoms with van der Waals surface area (Å²) in [6.07, 6.45) is 7.56. The Bertz CT molecular complexity index is 944. The number of halogens is 3. The summed E-state index contributed by atoms with van der Waals surface area (Å²) in [7, 11) is -3.55. The van der Waals surface area contributed by atoms with Gasteiger partial charge in [-0.3, -0.25) is 0 Å². The maximum atomic E-state index is 12.8. The summed E-state index contributed by atoms with van der Waals surface area (Å²) in [4.78, 5) is 0.756. The van der Waals surface area contributed by atoms with Crippen molar-refractivity contribution < 1.29 is 21.6 Å². The second kappa shape index (κ2) is 14.9. The van der Waals surface area contributed by atoms with E-state index in [1.54, 1.807) is 18.2 Å². The number of hydrogen-bond donors (Lipinski definition) is 1. The lowest BCUT2D eigenvalue weighted by atomic mass is 10.1. The number of benzene rings is 1. The van der Waals surface area contributed by atoms with Crippen molar-refractivity contribution in [1.82, 2.24) is 10.0 Å². The molecule has 0 aliphatic heterocycles. The quantitative estimate of drug-likeness (QED) is 0.224. The maximum Gasteiger partial charge on any atom is 0.416 e. The molecule has 0 saturated heterocycles. The molecule has 4 nitrogen and oxygen atoms in total. The molecule has 0 amide bonds. The van der Waals surface area contributed by atoms with Crippen LogP contribution in [0.3, 0.4) is 0 Å². The van der Waals surface area contributed by atoms with Crippen molar-refractivity contribution >= 4 is 21.4 Å². The minimum Gasteiger partial charge on any atom is -0.231 e. The molecule has 34 heavy (non-hydrogen) atoms. The Balaban J connectivity index is 1.65. The highest BCUT2D eigenvalue weighted by Gasteiger charge is 2.30. The van der Waals surface area contributed by atoms with Gasteiger partial charge in [-0.25, -0.2) is 18.5 Å². The normalized spacial score (nSPS) is 12.4. The molecule has 1 heterocycles. The lowest BCUT2D eigenvalue weighted by Crippen LogP contribution is -2.23. The average Bonchev–Trinajstić information content (AvgIpc) is 3.27. The summed E-state index contributed by atoms with van der Waals surface area (Å²) in [5.74, 6) is 0. The molecular formula is C25H36F3N2O2S2. The van der Waals surface area contributed by atoms with Crippen molar-refractivity contribution in [3.63, 3.8) is 0 Å². The summed E-state index contributed by atoms with van der Waals surface area (Å²) in [6.45, 7) is 3.04. The van der Waals surface area contributed by atoms with E-state index in [1.165, 1.54) is 51.0 Å². The molecular weight excluding hydrogens is 481 g/mol. The van der Waals surface area contributed by atoms with Crippen LogP contribution in [0.15, 0.2) is 40.6 Å². The molecule has 1 N–H and O–H groups in total. The van der Waals surface area contributed by atoms with Crippen molar-refractivity contribution in [2.24, 2.45) is 0 Å². The van der Waals surface area contributed by atoms with Crippen molar-refractivity contribution in [3.8, 4) is 0 Å². The van der Waals surface area contributed by atoms with Crippen LogP contribution in [0, 0.1) is 0 Å². The zero-order valence-electron chi connectivity index (χ0n) is 19.9. The van der Waals surface area contributed by atoms with Gasteiger partial charge in [0.1, 0.15) is 4.21 Å². The topological polar surface area (TPSA) is 60.3 Å². The number of thiophene rings is 1. The van der Waals surface area contributed by atoms with Gasteiger partial charge in [-0.05, 0) is 30.2 Å². The lowest BCUT2D eigenvalue weighted by molar-refractivity contribution is -0.137. The number of sulfonamides is 1. The number of alkyl halides is 3. The Hall–Kier alpha value is -1.42. The van der Waals surface area contributed by atoms with E-state index in [9.17, 15) is 21.6 Å². The average molecular weight is 518 g/mol. The van der Waals surface area contributed by atoms with Crippen LogP contribution in [0.1, 0.15) is 87.1 Å². The monoisotopic (exact) mass is 517 g/mol. The van der Waals surface area contributed by atoms with Crippen molar-refractivity contribution in [2.75, 3.05) is 6.54 Å². The van der Waals surface area contributed by atoms with Gasteiger partial charge in [0, 0.05) is 24.5 Å². The summed E-state index contributed by atoms with van der Waals surface area (Å²) in [5.41, 5.74) is -0.226. The predicted octanol–water partition coefficient (Wildman–Crippen LogP) is 7.27. The fraction of sp³-hybridized carbons (Fsp3) is 0.600. The molecule has 2 rings (SSSR count). The Morgan fingerprint density at radius 3 is 2.18 bits per heavy atom. The van der Waals surface area contributed by atoms with Crippen LogP contribution in [0.2, 0.25) is 0 Å². The molecule has 0 fully saturated rings. The second-order valence-corrected chi connectivity index (χ2v) is 11.7. The van der Waals surface area contributed by atoms with Gasteiger partial charge in [-0.15, -0.1) is 11.3 Å². The molecule has 2 aromatic rings. The second-order valence-electron chi connectivity index (χ2n) is 8.54. The van der Waals surface area contributed by atoms with Crippen LogP contribution < -0.4 is 10.0 Å². The number of unbranched alkanes of at least 4 members (excludes halogenated alkanes) is 9. The van der Waals surface area contributed by atoms with E-state index >= 15 is 0 Å². The molecule has 0 aliphatic carbocycles. The molecule has 0 unspecified atom stereocenters. The molecule has 0 bridgehead atoms. The van der Waals surface area contributed by atoms with Crippen LogP contribution in [0.5, 0.6) is 0 Å². The first-order valence-electron chi connectivity index (χ1n) is 12.1. The Morgan fingerprint density at radius 1 is 0.882 bits per heavy atom. The molecule has 9 heteroatoms. The van der Waals surface area contributed by atoms with Crippen LogP contribution in [-0.2, 0) is 29.3 Å². The molecule has 0 saturated carbocycles. The van der Waals surface area contributed by atoms with Gasteiger partial charge in [0.25, 0.3) is 0 Å². The maximum absolute atomic E-state index is 12.8. The smallest absolute Gasteiger partial charge is 0.231 e. The minimum atomic E-state index is -4.38. The van der Waals surface area contributed by atoms with E-state index in [-0.39, 0.29) is 17.3 Å². The molecule has 1 radical (unpaired) electrons. The Morgan fingerprint density at radius 2 is 1.53 bits per heavy atom. The number of nitrogens with one attached hydrogen (secondary N) is 1. The van der Waals surface area contributed by atoms with E-state index in [4.69, 9.17) is 0 Å². The molecule has 0 aliphatic rings. The van der Waals surface area contributed by atoms with E-state index in [0.717, 1.165) is 47.6 Å². The fourth-order valence-corrected chi connectivity index (χ4v) is 6.04. The largest absolute Gasteiger partial charge is 0.416 e. The summed E-state index contributed by atoms with van der Waals surface area (Å²) in [6, 6.07) is 8.34. The molecule has 0 spiro atoms. The van der Waals surface area contributed by atoms with Gasteiger partial charge in [0.2, 0.25) is 10.0 Å². The first-order chi connectivity index (χ1) is 16.2. The summed E-state index contributed by atoms with van der Waals surface area (Å²) in [5, 5.41) is 4.29. The van der Waals surface area contributed by atoms with Gasteiger partial charge in [-0.1, -0.05) is 82.9 Å². The van der Waals surface area contributed by atoms with Crippen LogP contribution in [0.4, 0.5) is 13.2 Å². The lowest BCUT2D eigenvalue weighted by Gasteiger charge is -2.08. The third-order valence-electron chi connectivity index (χ3n) is 5.54. The summed E-state index contributed by atoms with van der Waals surface area (Å²) < 4.78 is 66.3. The Labute approximate surface area is 206 Å². The SMILES string of the molecule is CCCCCCCCCCCCNS(=O)(=O)c1ccc(C[N]Cc2cccc(C(F)(F)F)c2)s1. The van der Waals surface area contributed by atoms with E-state index in [0.29, 0.717) is 12.1 Å². The van der Waals surface area contributed by atoms with Gasteiger partial charge in [0.15, 0.2) is 0 Å². The van der Waals surface area contributed by atoms with E-state index in [1.807, 2.05) is 0 Å². The highest BCUT2D eigenvalue weighted by atomic mass is 32.2. The molecule has 1 aromatic carbocycles. The van der Waals surface area contributed by atoms with Gasteiger partial charge in [-0.2, -0.15) is 13.2 Å².